The van der Waals surface area contributed by atoms with Crippen molar-refractivity contribution >= 4 is 0 Å². The molecule has 1 nitrogen and oxygen atoms in total. The van der Waals surface area contributed by atoms with Crippen LogP contribution in [-0.2, 0) is 0 Å². The van der Waals surface area contributed by atoms with Gasteiger partial charge in [-0.05, 0) is 13.3 Å². The predicted molar refractivity (Wildman–Crippen MR) is 30.8 cm³/mol. The highest BCUT2D eigenvalue weighted by atomic mass is 16.2. The first kappa shape index (κ1) is 6.70. The van der Waals surface area contributed by atoms with Crippen LogP contribution in [-0.4, -0.2) is 11.7 Å². The first-order chi connectivity index (χ1) is 3.31. The lowest BCUT2D eigenvalue weighted by Gasteiger charge is -1.88. The van der Waals surface area contributed by atoms with Gasteiger partial charge in [0.05, 0.1) is 6.61 Å². The number of hydrogen-bond donors (Lipinski definition) is 1. The molecule has 7 heavy (non-hydrogen) atoms. The lowest BCUT2D eigenvalue weighted by Crippen LogP contribution is -1.76. The van der Waals surface area contributed by atoms with Gasteiger partial charge in [0.1, 0.15) is 0 Å². The average molecular weight is 99.2 g/mol. The molecule has 0 aliphatic rings. The Hall–Kier alpha value is -0.300. The van der Waals surface area contributed by atoms with E-state index < -0.39 is 0 Å². The summed E-state index contributed by atoms with van der Waals surface area (Å²) in [5.74, 6) is 0. The maximum atomic E-state index is 8.25. The zero-order valence-electron chi connectivity index (χ0n) is 4.65. The predicted octanol–water partition coefficient (Wildman–Crippen LogP) is 1.15. The summed E-state index contributed by atoms with van der Waals surface area (Å²) in [6.07, 6.45) is 2.64. The molecule has 0 aromatic carbocycles. The lowest BCUT2D eigenvalue weighted by atomic mass is 10.2. The summed E-state index contributed by atoms with van der Waals surface area (Å²) in [4.78, 5) is 0. The molecule has 0 unspecified atom stereocenters. The summed E-state index contributed by atoms with van der Waals surface area (Å²) >= 11 is 0. The van der Waals surface area contributed by atoms with E-state index in [0.29, 0.717) is 0 Å². The summed E-state index contributed by atoms with van der Waals surface area (Å²) in [5.41, 5.74) is 1.00. The Labute approximate surface area is 44.7 Å². The quantitative estimate of drug-likeness (QED) is 0.550. The van der Waals surface area contributed by atoms with Gasteiger partial charge < -0.3 is 5.11 Å². The van der Waals surface area contributed by atoms with Gasteiger partial charge in [-0.25, -0.2) is 0 Å². The van der Waals surface area contributed by atoms with Gasteiger partial charge in [0.2, 0.25) is 0 Å². The molecule has 1 radical (unpaired) electrons. The molecular formula is C6H11O. The largest absolute Gasteiger partial charge is 0.392 e. The summed E-state index contributed by atoms with van der Waals surface area (Å²) in [7, 11) is 0. The van der Waals surface area contributed by atoms with Crippen LogP contribution >= 0.6 is 0 Å². The lowest BCUT2D eigenvalue weighted by molar-refractivity contribution is 0.342. The van der Waals surface area contributed by atoms with Crippen LogP contribution in [0.15, 0.2) is 11.6 Å². The van der Waals surface area contributed by atoms with Crippen molar-refractivity contribution < 1.29 is 5.11 Å². The fraction of sp³-hybridized carbons (Fsp3) is 0.500. The van der Waals surface area contributed by atoms with Crippen LogP contribution in [0, 0.1) is 6.92 Å². The highest BCUT2D eigenvalue weighted by Crippen LogP contribution is 1.93. The van der Waals surface area contributed by atoms with Gasteiger partial charge in [0.25, 0.3) is 0 Å². The van der Waals surface area contributed by atoms with Gasteiger partial charge >= 0.3 is 0 Å². The van der Waals surface area contributed by atoms with E-state index in [4.69, 9.17) is 5.11 Å². The van der Waals surface area contributed by atoms with Crippen molar-refractivity contribution in [2.45, 2.75) is 13.3 Å². The Morgan fingerprint density at radius 3 is 2.57 bits per heavy atom. The molecule has 0 bridgehead atoms. The molecule has 1 N–H and O–H groups in total. The summed E-state index contributed by atoms with van der Waals surface area (Å²) < 4.78 is 0. The summed E-state index contributed by atoms with van der Waals surface area (Å²) in [5, 5.41) is 8.25. The highest BCUT2D eigenvalue weighted by molar-refractivity contribution is 5.03. The number of rotatable bonds is 2. The van der Waals surface area contributed by atoms with Crippen LogP contribution in [0.2, 0.25) is 0 Å². The first-order valence-corrected chi connectivity index (χ1v) is 2.43. The van der Waals surface area contributed by atoms with Gasteiger partial charge in [0.15, 0.2) is 0 Å². The second-order valence-electron chi connectivity index (χ2n) is 1.40. The molecule has 0 saturated carbocycles. The third-order valence-electron chi connectivity index (χ3n) is 0.834. The number of aliphatic hydroxyl groups excluding tert-OH is 1. The zero-order valence-corrected chi connectivity index (χ0v) is 4.65. The SMILES string of the molecule is [CH2]C(=CCO)CC. The topological polar surface area (TPSA) is 20.2 Å². The van der Waals surface area contributed by atoms with E-state index in [1.54, 1.807) is 6.08 Å². The standard InChI is InChI=1S/C6H11O/c1-3-6(2)4-5-7/h4,7H,2-3,5H2,1H3. The molecule has 0 atom stereocenters. The van der Waals surface area contributed by atoms with Crippen molar-refractivity contribution in [2.24, 2.45) is 0 Å². The van der Waals surface area contributed by atoms with Crippen molar-refractivity contribution in [2.75, 3.05) is 6.61 Å². The first-order valence-electron chi connectivity index (χ1n) is 2.43. The Morgan fingerprint density at radius 2 is 2.43 bits per heavy atom. The van der Waals surface area contributed by atoms with Gasteiger partial charge in [0, 0.05) is 0 Å². The molecule has 0 aliphatic heterocycles. The van der Waals surface area contributed by atoms with Crippen LogP contribution in [0.25, 0.3) is 0 Å². The summed E-state index contributed by atoms with van der Waals surface area (Å²) in [6.45, 7) is 5.77. The Kier molecular flexibility index (Phi) is 3.71. The van der Waals surface area contributed by atoms with Gasteiger partial charge in [-0.3, -0.25) is 0 Å². The molecule has 0 fully saturated rings. The van der Waals surface area contributed by atoms with Gasteiger partial charge in [-0.2, -0.15) is 0 Å². The monoisotopic (exact) mass is 99.1 g/mol. The van der Waals surface area contributed by atoms with Crippen LogP contribution < -0.4 is 0 Å². The third kappa shape index (κ3) is 3.53. The van der Waals surface area contributed by atoms with E-state index in [2.05, 4.69) is 6.92 Å². The van der Waals surface area contributed by atoms with Crippen molar-refractivity contribution in [1.82, 2.24) is 0 Å². The number of hydrogen-bond acceptors (Lipinski definition) is 1. The van der Waals surface area contributed by atoms with Crippen LogP contribution in [0.3, 0.4) is 0 Å². The molecular weight excluding hydrogens is 88.1 g/mol. The molecule has 0 aromatic rings. The van der Waals surface area contributed by atoms with Crippen molar-refractivity contribution in [1.29, 1.82) is 0 Å². The Bertz CT molecular complexity index is 64.6. The second-order valence-corrected chi connectivity index (χ2v) is 1.40. The van der Waals surface area contributed by atoms with Gasteiger partial charge in [-0.1, -0.05) is 18.6 Å². The third-order valence-corrected chi connectivity index (χ3v) is 0.834. The molecule has 0 rings (SSSR count). The van der Waals surface area contributed by atoms with E-state index in [9.17, 15) is 0 Å². The van der Waals surface area contributed by atoms with Crippen molar-refractivity contribution in [3.8, 4) is 0 Å². The number of allylic oxidation sites excluding steroid dienone is 1. The summed E-state index contributed by atoms with van der Waals surface area (Å²) in [6, 6.07) is 0. The van der Waals surface area contributed by atoms with Crippen molar-refractivity contribution in [3.05, 3.63) is 18.6 Å². The highest BCUT2D eigenvalue weighted by Gasteiger charge is 1.77. The van der Waals surface area contributed by atoms with E-state index in [1.807, 2.05) is 6.92 Å². The molecule has 0 aromatic heterocycles. The maximum absolute atomic E-state index is 8.25. The van der Waals surface area contributed by atoms with E-state index in [-0.39, 0.29) is 6.61 Å². The number of aliphatic hydroxyl groups is 1. The van der Waals surface area contributed by atoms with Gasteiger partial charge in [-0.15, -0.1) is 0 Å². The Balaban J connectivity index is 3.29. The molecule has 0 aliphatic carbocycles. The molecule has 41 valence electrons. The fourth-order valence-corrected chi connectivity index (χ4v) is 0.273. The maximum Gasteiger partial charge on any atom is 0.0615 e. The molecule has 0 saturated heterocycles. The van der Waals surface area contributed by atoms with Crippen LogP contribution in [0.4, 0.5) is 0 Å². The van der Waals surface area contributed by atoms with Crippen molar-refractivity contribution in [3.63, 3.8) is 0 Å². The fourth-order valence-electron chi connectivity index (χ4n) is 0.273. The van der Waals surface area contributed by atoms with Crippen LogP contribution in [0.5, 0.6) is 0 Å². The second kappa shape index (κ2) is 3.88. The van der Waals surface area contributed by atoms with E-state index >= 15 is 0 Å². The minimum Gasteiger partial charge on any atom is -0.392 e. The molecule has 0 amide bonds. The average Bonchev–Trinajstić information content (AvgIpc) is 1.68. The Morgan fingerprint density at radius 1 is 1.86 bits per heavy atom. The minimum absolute atomic E-state index is 0.118. The molecule has 0 heterocycles. The normalized spacial score (nSPS) is 12.1. The van der Waals surface area contributed by atoms with E-state index in [0.717, 1.165) is 12.0 Å². The van der Waals surface area contributed by atoms with Crippen LogP contribution in [0.1, 0.15) is 13.3 Å². The minimum atomic E-state index is 0.118. The zero-order chi connectivity index (χ0) is 5.70. The molecule has 0 spiro atoms. The molecule has 1 heteroatoms. The smallest absolute Gasteiger partial charge is 0.0615 e. The van der Waals surface area contributed by atoms with E-state index in [1.165, 1.54) is 0 Å².